The zero-order valence-electron chi connectivity index (χ0n) is 13.5. The van der Waals surface area contributed by atoms with Crippen molar-refractivity contribution in [1.82, 2.24) is 5.32 Å². The van der Waals surface area contributed by atoms with Gasteiger partial charge in [0.05, 0.1) is 0 Å². The highest BCUT2D eigenvalue weighted by Crippen LogP contribution is 2.44. The Balaban J connectivity index is 2.31. The van der Waals surface area contributed by atoms with Crippen molar-refractivity contribution in [3.8, 4) is 0 Å². The van der Waals surface area contributed by atoms with Gasteiger partial charge in [0.2, 0.25) is 0 Å². The second-order valence-electron chi connectivity index (χ2n) is 6.53. The molecular formula is C19H31N. The van der Waals surface area contributed by atoms with Gasteiger partial charge in [-0.3, -0.25) is 0 Å². The molecule has 0 fully saturated rings. The number of rotatable bonds is 7. The third-order valence-corrected chi connectivity index (χ3v) is 5.16. The summed E-state index contributed by atoms with van der Waals surface area (Å²) in [5, 5.41) is 3.73. The minimum Gasteiger partial charge on any atom is -0.316 e. The molecule has 0 saturated carbocycles. The lowest BCUT2D eigenvalue weighted by molar-refractivity contribution is 0.223. The van der Waals surface area contributed by atoms with Crippen LogP contribution in [0.3, 0.4) is 0 Å². The third-order valence-electron chi connectivity index (χ3n) is 5.16. The van der Waals surface area contributed by atoms with Gasteiger partial charge in [-0.15, -0.1) is 0 Å². The maximum Gasteiger partial charge on any atom is 0.0106 e. The fourth-order valence-electron chi connectivity index (χ4n) is 4.02. The number of benzene rings is 1. The fraction of sp³-hybridized carbons (Fsp3) is 0.684. The Morgan fingerprint density at radius 2 is 2.00 bits per heavy atom. The topological polar surface area (TPSA) is 12.0 Å². The molecule has 0 aliphatic heterocycles. The summed E-state index contributed by atoms with van der Waals surface area (Å²) in [7, 11) is 0. The zero-order valence-corrected chi connectivity index (χ0v) is 13.5. The highest BCUT2D eigenvalue weighted by Gasteiger charge is 2.40. The Labute approximate surface area is 125 Å². The van der Waals surface area contributed by atoms with Crippen molar-refractivity contribution in [3.63, 3.8) is 0 Å². The lowest BCUT2D eigenvalue weighted by Crippen LogP contribution is -2.46. The average Bonchev–Trinajstić information content (AvgIpc) is 2.48. The molecule has 1 nitrogen and oxygen atoms in total. The van der Waals surface area contributed by atoms with E-state index in [0.29, 0.717) is 5.41 Å². The first-order valence-corrected chi connectivity index (χ1v) is 8.53. The molecule has 0 spiro atoms. The van der Waals surface area contributed by atoms with Gasteiger partial charge in [0.25, 0.3) is 0 Å². The molecule has 2 rings (SSSR count). The van der Waals surface area contributed by atoms with Crippen molar-refractivity contribution < 1.29 is 0 Å². The monoisotopic (exact) mass is 273 g/mol. The molecule has 2 unspecified atom stereocenters. The normalized spacial score (nSPS) is 23.4. The van der Waals surface area contributed by atoms with Gasteiger partial charge in [-0.1, -0.05) is 57.9 Å². The van der Waals surface area contributed by atoms with Gasteiger partial charge in [0.1, 0.15) is 0 Å². The minimum absolute atomic E-state index is 0.361. The standard InChI is InChI=1S/C19H31N/c1-4-9-16(3)19(15-20-14-5-2)13-8-11-17-10-6-7-12-18(17)19/h6-7,10,12,16,20H,4-5,8-9,11,13-15H2,1-3H3. The second-order valence-corrected chi connectivity index (χ2v) is 6.53. The van der Waals surface area contributed by atoms with E-state index in [1.807, 2.05) is 0 Å². The molecule has 0 aromatic heterocycles. The van der Waals surface area contributed by atoms with E-state index in [1.54, 1.807) is 11.1 Å². The Kier molecular flexibility index (Phi) is 5.65. The summed E-state index contributed by atoms with van der Waals surface area (Å²) in [5.41, 5.74) is 3.59. The van der Waals surface area contributed by atoms with Crippen LogP contribution in [0.25, 0.3) is 0 Å². The van der Waals surface area contributed by atoms with Crippen LogP contribution in [-0.2, 0) is 11.8 Å². The Morgan fingerprint density at radius 1 is 1.20 bits per heavy atom. The van der Waals surface area contributed by atoms with Crippen LogP contribution in [0.1, 0.15) is 64.0 Å². The SMILES string of the molecule is CCCNCC1(C(C)CCC)CCCc2ccccc21. The molecule has 1 N–H and O–H groups in total. The first kappa shape index (κ1) is 15.6. The van der Waals surface area contributed by atoms with Crippen molar-refractivity contribution in [2.75, 3.05) is 13.1 Å². The van der Waals surface area contributed by atoms with E-state index >= 15 is 0 Å². The second kappa shape index (κ2) is 7.26. The van der Waals surface area contributed by atoms with Crippen LogP contribution in [0.4, 0.5) is 0 Å². The first-order valence-electron chi connectivity index (χ1n) is 8.53. The van der Waals surface area contributed by atoms with Gasteiger partial charge >= 0.3 is 0 Å². The Hall–Kier alpha value is -0.820. The van der Waals surface area contributed by atoms with Crippen LogP contribution in [0.15, 0.2) is 24.3 Å². The van der Waals surface area contributed by atoms with Gasteiger partial charge in [-0.05, 0) is 49.3 Å². The van der Waals surface area contributed by atoms with Gasteiger partial charge in [0, 0.05) is 12.0 Å². The Morgan fingerprint density at radius 3 is 2.75 bits per heavy atom. The largest absolute Gasteiger partial charge is 0.316 e. The van der Waals surface area contributed by atoms with Crippen LogP contribution in [0, 0.1) is 5.92 Å². The van der Waals surface area contributed by atoms with E-state index in [2.05, 4.69) is 50.4 Å². The molecular weight excluding hydrogens is 242 g/mol. The highest BCUT2D eigenvalue weighted by atomic mass is 14.9. The molecule has 1 heteroatoms. The summed E-state index contributed by atoms with van der Waals surface area (Å²) in [6.07, 6.45) is 7.81. The van der Waals surface area contributed by atoms with Crippen LogP contribution < -0.4 is 5.32 Å². The van der Waals surface area contributed by atoms with Crippen molar-refractivity contribution in [2.45, 2.75) is 64.7 Å². The van der Waals surface area contributed by atoms with Crippen molar-refractivity contribution in [1.29, 1.82) is 0 Å². The smallest absolute Gasteiger partial charge is 0.0106 e. The van der Waals surface area contributed by atoms with E-state index < -0.39 is 0 Å². The molecule has 20 heavy (non-hydrogen) atoms. The predicted molar refractivity (Wildman–Crippen MR) is 88.3 cm³/mol. The maximum absolute atomic E-state index is 3.73. The number of hydrogen-bond donors (Lipinski definition) is 1. The summed E-state index contributed by atoms with van der Waals surface area (Å²) in [4.78, 5) is 0. The fourth-order valence-corrected chi connectivity index (χ4v) is 4.02. The number of aryl methyl sites for hydroxylation is 1. The van der Waals surface area contributed by atoms with E-state index in [-0.39, 0.29) is 0 Å². The first-order chi connectivity index (χ1) is 9.74. The number of hydrogen-bond acceptors (Lipinski definition) is 1. The van der Waals surface area contributed by atoms with E-state index in [1.165, 1.54) is 38.5 Å². The molecule has 0 heterocycles. The molecule has 0 saturated heterocycles. The summed E-state index contributed by atoms with van der Waals surface area (Å²) in [5.74, 6) is 0.762. The van der Waals surface area contributed by atoms with Gasteiger partial charge in [-0.25, -0.2) is 0 Å². The molecule has 1 aromatic carbocycles. The number of nitrogens with one attached hydrogen (secondary N) is 1. The molecule has 0 amide bonds. The molecule has 112 valence electrons. The highest BCUT2D eigenvalue weighted by molar-refractivity contribution is 5.38. The average molecular weight is 273 g/mol. The van der Waals surface area contributed by atoms with Crippen molar-refractivity contribution >= 4 is 0 Å². The lowest BCUT2D eigenvalue weighted by atomic mass is 9.62. The van der Waals surface area contributed by atoms with Crippen LogP contribution in [-0.4, -0.2) is 13.1 Å². The van der Waals surface area contributed by atoms with E-state index in [9.17, 15) is 0 Å². The number of fused-ring (bicyclic) bond motifs is 1. The predicted octanol–water partition coefficient (Wildman–Crippen LogP) is 4.70. The summed E-state index contributed by atoms with van der Waals surface area (Å²) in [6.45, 7) is 9.34. The van der Waals surface area contributed by atoms with Crippen molar-refractivity contribution in [3.05, 3.63) is 35.4 Å². The zero-order chi connectivity index (χ0) is 14.4. The quantitative estimate of drug-likeness (QED) is 0.710. The third kappa shape index (κ3) is 3.09. The van der Waals surface area contributed by atoms with Gasteiger partial charge in [-0.2, -0.15) is 0 Å². The lowest BCUT2D eigenvalue weighted by Gasteiger charge is -2.44. The molecule has 0 radical (unpaired) electrons. The Bertz CT molecular complexity index is 412. The maximum atomic E-state index is 3.73. The minimum atomic E-state index is 0.361. The molecule has 2 atom stereocenters. The molecule has 0 bridgehead atoms. The van der Waals surface area contributed by atoms with Crippen LogP contribution in [0.5, 0.6) is 0 Å². The summed E-state index contributed by atoms with van der Waals surface area (Å²) < 4.78 is 0. The van der Waals surface area contributed by atoms with Gasteiger partial charge in [0.15, 0.2) is 0 Å². The van der Waals surface area contributed by atoms with Crippen LogP contribution >= 0.6 is 0 Å². The summed E-state index contributed by atoms with van der Waals surface area (Å²) >= 11 is 0. The summed E-state index contributed by atoms with van der Waals surface area (Å²) in [6, 6.07) is 9.19. The molecule has 1 aromatic rings. The van der Waals surface area contributed by atoms with E-state index in [4.69, 9.17) is 0 Å². The molecule has 1 aliphatic rings. The van der Waals surface area contributed by atoms with Crippen LogP contribution in [0.2, 0.25) is 0 Å². The van der Waals surface area contributed by atoms with Gasteiger partial charge < -0.3 is 5.32 Å². The molecule has 1 aliphatic carbocycles. The van der Waals surface area contributed by atoms with Crippen molar-refractivity contribution in [2.24, 2.45) is 5.92 Å². The van der Waals surface area contributed by atoms with E-state index in [0.717, 1.165) is 19.0 Å².